The lowest BCUT2D eigenvalue weighted by Crippen LogP contribution is -1.97. The van der Waals surface area contributed by atoms with Crippen molar-refractivity contribution in [1.82, 2.24) is 27.4 Å². The largest absolute Gasteiger partial charge is 0.309 e. The Morgan fingerprint density at radius 1 is 0.122 bits per heavy atom. The van der Waals surface area contributed by atoms with Crippen LogP contribution >= 0.6 is 0 Å². The molecular formula is C134H76N14. The van der Waals surface area contributed by atoms with E-state index in [4.69, 9.17) is 0 Å². The Bertz CT molecular complexity index is 10500. The minimum Gasteiger partial charge on any atom is -0.309 e. The highest BCUT2D eigenvalue weighted by atomic mass is 15.0. The van der Waals surface area contributed by atoms with Crippen molar-refractivity contribution < 1.29 is 0 Å². The standard InChI is InChI=1S/2C45H25N5.C44H26N4/c46-26-29-7-6-8-32(19-29)34-22-35(33-15-18-45-41(25-33)38-11-4-5-12-42(38)49(45)36-9-2-1-3-10-36)24-37(23-34)50-43-16-13-30(27-47)20-39(43)40-21-31(28-48)14-17-44(40)50;46-26-29-14-17-43-39(20-29)40-21-30(27-47)15-18-44(40)50(43)36-23-33(22-34(24-36)37-11-5-4-8-32(37)28-48)31-16-19-45-41(25-31)38-12-6-7-13-42(38)49(45)35-9-2-1-3-10-35;45-27-29-14-17-31(18-15-29)33-23-34(25-36(24-33)48-42-13-7-4-10-37(42)39-22-30(28-46)16-20-43(39)48)32-19-21-44-40(26-32)38-11-5-6-12-41(38)47(44)35-8-2-1-3-9-35/h2*1-25H;1-26H. The zero-order chi connectivity index (χ0) is 99.7. The monoisotopic (exact) mass is 1880 g/mol. The Morgan fingerprint density at radius 2 is 0.351 bits per heavy atom. The van der Waals surface area contributed by atoms with Gasteiger partial charge in [0.2, 0.25) is 0 Å². The Labute approximate surface area is 849 Å². The van der Waals surface area contributed by atoms with Crippen molar-refractivity contribution in [3.63, 3.8) is 0 Å². The number of rotatable bonds is 12. The van der Waals surface area contributed by atoms with Gasteiger partial charge >= 0.3 is 0 Å². The highest BCUT2D eigenvalue weighted by Crippen LogP contribution is 2.47. The van der Waals surface area contributed by atoms with Crippen molar-refractivity contribution >= 4 is 131 Å². The number of benzene rings is 21. The predicted octanol–water partition coefficient (Wildman–Crippen LogP) is 32.6. The van der Waals surface area contributed by atoms with Crippen LogP contribution in [0.1, 0.15) is 44.5 Å². The maximum atomic E-state index is 10.1. The first-order valence-corrected chi connectivity index (χ1v) is 48.4. The quantitative estimate of drug-likeness (QED) is 0.114. The van der Waals surface area contributed by atoms with E-state index in [1.807, 2.05) is 188 Å². The third-order valence-electron chi connectivity index (χ3n) is 28.5. The van der Waals surface area contributed by atoms with Crippen LogP contribution in [0.25, 0.3) is 232 Å². The van der Waals surface area contributed by atoms with Gasteiger partial charge in [-0.15, -0.1) is 0 Å². The average Bonchev–Trinajstić information content (AvgIpc) is 1.59. The summed E-state index contributed by atoms with van der Waals surface area (Å²) in [4.78, 5) is 0. The first-order valence-electron chi connectivity index (χ1n) is 48.4. The van der Waals surface area contributed by atoms with Crippen molar-refractivity contribution in [1.29, 1.82) is 42.1 Å². The summed E-state index contributed by atoms with van der Waals surface area (Å²) < 4.78 is 13.6. The summed E-state index contributed by atoms with van der Waals surface area (Å²) in [5.74, 6) is 0. The lowest BCUT2D eigenvalue weighted by molar-refractivity contribution is 1.18. The summed E-state index contributed by atoms with van der Waals surface area (Å²) in [6.45, 7) is 0. The first-order chi connectivity index (χ1) is 73.0. The van der Waals surface area contributed by atoms with Gasteiger partial charge in [-0.3, -0.25) is 0 Å². The molecule has 0 radical (unpaired) electrons. The Hall–Kier alpha value is -21.7. The molecule has 6 heterocycles. The Morgan fingerprint density at radius 3 is 0.676 bits per heavy atom. The molecule has 0 aliphatic heterocycles. The molecule has 0 aliphatic carbocycles. The summed E-state index contributed by atoms with van der Waals surface area (Å²) in [6, 6.07) is 175. The van der Waals surface area contributed by atoms with Gasteiger partial charge in [0.25, 0.3) is 0 Å². The number of para-hydroxylation sites is 7. The number of aromatic nitrogens is 6. The molecule has 0 aliphatic rings. The highest BCUT2D eigenvalue weighted by Gasteiger charge is 2.25. The zero-order valence-electron chi connectivity index (χ0n) is 79.1. The normalized spacial score (nSPS) is 11.2. The van der Waals surface area contributed by atoms with Gasteiger partial charge in [0.05, 0.1) is 159 Å². The van der Waals surface area contributed by atoms with Crippen LogP contribution in [-0.2, 0) is 0 Å². The second-order valence-corrected chi connectivity index (χ2v) is 36.8. The molecule has 0 fully saturated rings. The van der Waals surface area contributed by atoms with E-state index in [1.54, 1.807) is 0 Å². The number of nitriles is 8. The van der Waals surface area contributed by atoms with E-state index in [9.17, 15) is 42.1 Å². The molecular weight excluding hydrogens is 1810 g/mol. The maximum Gasteiger partial charge on any atom is 0.0998 e. The fourth-order valence-electron chi connectivity index (χ4n) is 21.8. The predicted molar refractivity (Wildman–Crippen MR) is 596 cm³/mol. The highest BCUT2D eigenvalue weighted by molar-refractivity contribution is 6.17. The third kappa shape index (κ3) is 15.2. The number of hydrogen-bond donors (Lipinski definition) is 0. The Balaban J connectivity index is 0.000000115. The molecule has 27 rings (SSSR count). The minimum atomic E-state index is 0.555. The van der Waals surface area contributed by atoms with E-state index in [0.29, 0.717) is 44.5 Å². The number of hydrogen-bond acceptors (Lipinski definition) is 8. The van der Waals surface area contributed by atoms with Crippen molar-refractivity contribution in [2.45, 2.75) is 0 Å². The van der Waals surface area contributed by atoms with E-state index in [1.165, 1.54) is 27.1 Å². The molecule has 682 valence electrons. The van der Waals surface area contributed by atoms with Gasteiger partial charge in [0.1, 0.15) is 0 Å². The van der Waals surface area contributed by atoms with E-state index in [-0.39, 0.29) is 0 Å². The first kappa shape index (κ1) is 87.8. The number of fused-ring (bicyclic) bond motifs is 18. The van der Waals surface area contributed by atoms with Crippen molar-refractivity contribution in [2.24, 2.45) is 0 Å². The van der Waals surface area contributed by atoms with Crippen LogP contribution in [0.3, 0.4) is 0 Å². The molecule has 6 aromatic heterocycles. The van der Waals surface area contributed by atoms with Crippen LogP contribution in [-0.4, -0.2) is 27.4 Å². The van der Waals surface area contributed by atoms with Crippen LogP contribution in [0.2, 0.25) is 0 Å². The van der Waals surface area contributed by atoms with Crippen molar-refractivity contribution in [3.05, 3.63) is 506 Å². The van der Waals surface area contributed by atoms with Gasteiger partial charge in [-0.05, 0) is 340 Å². The van der Waals surface area contributed by atoms with Gasteiger partial charge in [-0.1, -0.05) is 188 Å². The van der Waals surface area contributed by atoms with Crippen LogP contribution in [0.4, 0.5) is 0 Å². The molecule has 0 unspecified atom stereocenters. The fourth-order valence-corrected chi connectivity index (χ4v) is 21.8. The lowest BCUT2D eigenvalue weighted by Gasteiger charge is -2.15. The minimum absolute atomic E-state index is 0.555. The molecule has 27 aromatic rings. The topological polar surface area (TPSA) is 220 Å². The van der Waals surface area contributed by atoms with E-state index < -0.39 is 0 Å². The van der Waals surface area contributed by atoms with Crippen LogP contribution in [0.5, 0.6) is 0 Å². The maximum absolute atomic E-state index is 10.1. The van der Waals surface area contributed by atoms with E-state index >= 15 is 0 Å². The second-order valence-electron chi connectivity index (χ2n) is 36.8. The average molecular weight is 1880 g/mol. The molecule has 0 bridgehead atoms. The smallest absolute Gasteiger partial charge is 0.0998 e. The molecule has 0 saturated carbocycles. The van der Waals surface area contributed by atoms with E-state index in [0.717, 1.165) is 205 Å². The summed E-state index contributed by atoms with van der Waals surface area (Å²) in [5, 5.41) is 90.7. The molecule has 21 aromatic carbocycles. The molecule has 14 nitrogen and oxygen atoms in total. The van der Waals surface area contributed by atoms with Gasteiger partial charge < -0.3 is 27.4 Å². The fraction of sp³-hybridized carbons (Fsp3) is 0. The number of nitrogens with zero attached hydrogens (tertiary/aromatic N) is 14. The van der Waals surface area contributed by atoms with Crippen LogP contribution < -0.4 is 0 Å². The Kier molecular flexibility index (Phi) is 21.7. The summed E-state index contributed by atoms with van der Waals surface area (Å²) >= 11 is 0. The molecule has 14 heteroatoms. The van der Waals surface area contributed by atoms with Gasteiger partial charge in [-0.2, -0.15) is 42.1 Å². The molecule has 0 spiro atoms. The van der Waals surface area contributed by atoms with E-state index in [2.05, 4.69) is 349 Å². The van der Waals surface area contributed by atoms with Crippen LogP contribution in [0.15, 0.2) is 461 Å². The van der Waals surface area contributed by atoms with Gasteiger partial charge in [0.15, 0.2) is 0 Å². The molecule has 0 saturated heterocycles. The van der Waals surface area contributed by atoms with Crippen molar-refractivity contribution in [2.75, 3.05) is 0 Å². The zero-order valence-corrected chi connectivity index (χ0v) is 79.1. The summed E-state index contributed by atoms with van der Waals surface area (Å²) in [7, 11) is 0. The molecule has 148 heavy (non-hydrogen) atoms. The molecule has 0 amide bonds. The third-order valence-corrected chi connectivity index (χ3v) is 28.5. The van der Waals surface area contributed by atoms with Gasteiger partial charge in [0, 0.05) is 98.8 Å². The summed E-state index contributed by atoms with van der Waals surface area (Å²) in [5.41, 5.74) is 35.7. The van der Waals surface area contributed by atoms with Crippen LogP contribution in [0, 0.1) is 90.6 Å². The SMILES string of the molecule is N#Cc1ccc(-c2cc(-c3ccc4c(c3)c3ccccc3n4-c3ccccc3)cc(-n3c4ccccc4c4cc(C#N)ccc43)c2)cc1.N#Cc1ccc2c(c1)c1cc(C#N)ccc1n2-c1cc(-c2ccc3c(c2)c2ccccc2n3-c2ccccc2)cc(-c2ccccc2C#N)c1.N#Cc1cccc(-c2cc(-c3ccc4c(c3)c3ccccc3n4-c3ccccc3)cc(-n3c4ccc(C#N)cc4c4cc(C#N)ccc43)c2)c1. The lowest BCUT2D eigenvalue weighted by atomic mass is 9.94. The second kappa shape index (κ2) is 36.5. The van der Waals surface area contributed by atoms with Gasteiger partial charge in [-0.25, -0.2) is 0 Å². The summed E-state index contributed by atoms with van der Waals surface area (Å²) in [6.07, 6.45) is 0. The molecule has 0 N–H and O–H groups in total. The molecule has 0 atom stereocenters. The van der Waals surface area contributed by atoms with Crippen molar-refractivity contribution in [3.8, 4) is 149 Å².